The second kappa shape index (κ2) is 11.1. The molecule has 0 bridgehead atoms. The molecule has 0 aliphatic carbocycles. The third kappa shape index (κ3) is 6.22. The van der Waals surface area contributed by atoms with Crippen LogP contribution in [0.2, 0.25) is 0 Å². The number of hydrogen-bond donors (Lipinski definition) is 1. The van der Waals surface area contributed by atoms with Crippen LogP contribution in [0.4, 0.5) is 0 Å². The molecule has 0 saturated carbocycles. The van der Waals surface area contributed by atoms with Gasteiger partial charge in [0, 0.05) is 40.1 Å². The quantitative estimate of drug-likeness (QED) is 0.555. The molecule has 122 valence electrons. The molecule has 4 nitrogen and oxygen atoms in total. The molecule has 3 heterocycles. The van der Waals surface area contributed by atoms with Gasteiger partial charge in [0.1, 0.15) is 0 Å². The van der Waals surface area contributed by atoms with Crippen molar-refractivity contribution in [3.8, 4) is 22.8 Å². The molecular formula is C17H16N3OPtS-. The summed E-state index contributed by atoms with van der Waals surface area (Å²) in [6.45, 7) is 0.134. The summed E-state index contributed by atoms with van der Waals surface area (Å²) >= 11 is 4.30. The predicted octanol–water partition coefficient (Wildman–Crippen LogP) is 2.73. The van der Waals surface area contributed by atoms with E-state index in [1.165, 1.54) is 0 Å². The van der Waals surface area contributed by atoms with Gasteiger partial charge < -0.3 is 17.7 Å². The van der Waals surface area contributed by atoms with Crippen LogP contribution in [0.1, 0.15) is 0 Å². The molecule has 0 radical (unpaired) electrons. The molecule has 23 heavy (non-hydrogen) atoms. The Hall–Kier alpha value is -1.55. The maximum absolute atomic E-state index is 7.77. The largest absolute Gasteiger partial charge is 0.790 e. The van der Waals surface area contributed by atoms with Gasteiger partial charge in [0.05, 0.1) is 22.8 Å². The van der Waals surface area contributed by atoms with Crippen molar-refractivity contribution < 1.29 is 26.2 Å². The molecule has 0 aliphatic heterocycles. The molecule has 0 fully saturated rings. The van der Waals surface area contributed by atoms with Crippen molar-refractivity contribution in [3.05, 3.63) is 67.0 Å². The first-order chi connectivity index (χ1) is 10.8. The average Bonchev–Trinajstić information content (AvgIpc) is 2.63. The number of rotatable bonds is 3. The van der Waals surface area contributed by atoms with E-state index in [1.807, 2.05) is 54.6 Å². The molecule has 0 aromatic carbocycles. The first-order valence-corrected chi connectivity index (χ1v) is 7.41. The summed E-state index contributed by atoms with van der Waals surface area (Å²) < 4.78 is 0. The van der Waals surface area contributed by atoms with Gasteiger partial charge in [-0.3, -0.25) is 9.97 Å². The predicted molar refractivity (Wildman–Crippen MR) is 90.0 cm³/mol. The van der Waals surface area contributed by atoms with Crippen molar-refractivity contribution in [2.75, 3.05) is 12.4 Å². The minimum absolute atomic E-state index is 0. The molecule has 3 aromatic rings. The van der Waals surface area contributed by atoms with E-state index in [0.717, 1.165) is 22.8 Å². The minimum atomic E-state index is 0. The van der Waals surface area contributed by atoms with E-state index in [2.05, 4.69) is 27.6 Å². The van der Waals surface area contributed by atoms with Gasteiger partial charge in [-0.15, -0.1) is 0 Å². The smallest absolute Gasteiger partial charge is 0.0894 e. The van der Waals surface area contributed by atoms with Crippen LogP contribution < -0.4 is 0 Å². The van der Waals surface area contributed by atoms with Crippen molar-refractivity contribution in [2.24, 2.45) is 0 Å². The Morgan fingerprint density at radius 3 is 1.52 bits per heavy atom. The van der Waals surface area contributed by atoms with Gasteiger partial charge in [-0.2, -0.15) is 5.75 Å². The Labute approximate surface area is 155 Å². The van der Waals surface area contributed by atoms with Gasteiger partial charge >= 0.3 is 0 Å². The Kier molecular flexibility index (Phi) is 9.37. The van der Waals surface area contributed by atoms with E-state index in [-0.39, 0.29) is 27.7 Å². The first-order valence-electron chi connectivity index (χ1n) is 6.84. The molecule has 0 amide bonds. The number of aromatic nitrogens is 3. The maximum Gasteiger partial charge on any atom is 0.0894 e. The Morgan fingerprint density at radius 2 is 1.17 bits per heavy atom. The van der Waals surface area contributed by atoms with Gasteiger partial charge in [0.25, 0.3) is 0 Å². The van der Waals surface area contributed by atoms with Gasteiger partial charge in [-0.05, 0) is 36.4 Å². The Bertz CT molecular complexity index is 627. The van der Waals surface area contributed by atoms with Crippen LogP contribution in [0.5, 0.6) is 0 Å². The number of nitrogens with zero attached hydrogens (tertiary/aromatic N) is 3. The number of hydrogen-bond acceptors (Lipinski definition) is 5. The third-order valence-corrected chi connectivity index (χ3v) is 2.88. The molecule has 6 heteroatoms. The molecule has 1 N–H and O–H groups in total. The number of pyridine rings is 3. The van der Waals surface area contributed by atoms with E-state index in [1.54, 1.807) is 12.4 Å². The van der Waals surface area contributed by atoms with Crippen LogP contribution in [-0.4, -0.2) is 32.4 Å². The molecule has 0 saturated heterocycles. The summed E-state index contributed by atoms with van der Waals surface area (Å²) in [4.78, 5) is 13.2. The Morgan fingerprint density at radius 1 is 0.739 bits per heavy atom. The van der Waals surface area contributed by atoms with Crippen molar-refractivity contribution >= 4 is 12.6 Å². The summed E-state index contributed by atoms with van der Waals surface area (Å²) in [7, 11) is 0. The van der Waals surface area contributed by atoms with Crippen molar-refractivity contribution in [1.82, 2.24) is 15.0 Å². The van der Waals surface area contributed by atoms with Crippen LogP contribution in [0.3, 0.4) is 0 Å². The van der Waals surface area contributed by atoms with Crippen LogP contribution in [0.25, 0.3) is 22.8 Å². The zero-order valence-electron chi connectivity index (χ0n) is 12.3. The molecule has 0 unspecified atom stereocenters. The van der Waals surface area contributed by atoms with Gasteiger partial charge in [0.15, 0.2) is 0 Å². The molecule has 0 aliphatic rings. The number of aliphatic hydroxyl groups is 1. The van der Waals surface area contributed by atoms with E-state index in [9.17, 15) is 0 Å². The topological polar surface area (TPSA) is 58.9 Å². The summed E-state index contributed by atoms with van der Waals surface area (Å²) in [5, 5.41) is 7.77. The fourth-order valence-electron chi connectivity index (χ4n) is 1.75. The summed E-state index contributed by atoms with van der Waals surface area (Å²) in [6.07, 6.45) is 3.54. The van der Waals surface area contributed by atoms with Gasteiger partial charge in [-0.25, -0.2) is 4.98 Å². The van der Waals surface area contributed by atoms with E-state index >= 15 is 0 Å². The SMILES string of the molecule is OCC[S-].[Pt].c1ccc(-c2cccc(-c3ccccn3)n2)nc1. The zero-order chi connectivity index (χ0) is 15.6. The first kappa shape index (κ1) is 19.5. The molecule has 0 atom stereocenters. The van der Waals surface area contributed by atoms with E-state index in [4.69, 9.17) is 5.11 Å². The van der Waals surface area contributed by atoms with Gasteiger partial charge in [-0.1, -0.05) is 18.2 Å². The molecule has 3 rings (SSSR count). The van der Waals surface area contributed by atoms with Crippen molar-refractivity contribution in [2.45, 2.75) is 0 Å². The molecule has 0 spiro atoms. The van der Waals surface area contributed by atoms with Crippen LogP contribution >= 0.6 is 0 Å². The Balaban J connectivity index is 0.000000478. The van der Waals surface area contributed by atoms with Crippen molar-refractivity contribution in [3.63, 3.8) is 0 Å². The summed E-state index contributed by atoms with van der Waals surface area (Å²) in [5.74, 6) is 0.458. The standard InChI is InChI=1S/C15H11N3.C2H6OS.Pt/c1-3-10-16-12(6-1)14-8-5-9-15(18-14)13-7-2-4-11-17-13;3-1-2-4;/h1-11H;3-4H,1-2H2;/p-1. The van der Waals surface area contributed by atoms with Gasteiger partial charge in [0.2, 0.25) is 0 Å². The normalized spacial score (nSPS) is 9.30. The zero-order valence-corrected chi connectivity index (χ0v) is 15.4. The fraction of sp³-hybridized carbons (Fsp3) is 0.118. The van der Waals surface area contributed by atoms with Crippen molar-refractivity contribution in [1.29, 1.82) is 0 Å². The average molecular weight is 505 g/mol. The monoisotopic (exact) mass is 505 g/mol. The molecule has 3 aromatic heterocycles. The summed E-state index contributed by atoms with van der Waals surface area (Å²) in [5.41, 5.74) is 3.46. The fourth-order valence-corrected chi connectivity index (χ4v) is 1.75. The van der Waals surface area contributed by atoms with Crippen LogP contribution in [0, 0.1) is 0 Å². The van der Waals surface area contributed by atoms with E-state index in [0.29, 0.717) is 5.75 Å². The van der Waals surface area contributed by atoms with E-state index < -0.39 is 0 Å². The maximum atomic E-state index is 7.77. The summed E-state index contributed by atoms with van der Waals surface area (Å²) in [6, 6.07) is 17.5. The second-order valence-corrected chi connectivity index (χ2v) is 4.67. The van der Waals surface area contributed by atoms with Crippen LogP contribution in [0.15, 0.2) is 67.0 Å². The van der Waals surface area contributed by atoms with Crippen LogP contribution in [-0.2, 0) is 33.7 Å². The minimum Gasteiger partial charge on any atom is -0.790 e. The molecular weight excluding hydrogens is 489 g/mol. The third-order valence-electron chi connectivity index (χ3n) is 2.70. The number of aliphatic hydroxyl groups excluding tert-OH is 1. The second-order valence-electron chi connectivity index (χ2n) is 4.27.